The molecule has 1 amide bonds. The van der Waals surface area contributed by atoms with Crippen molar-refractivity contribution in [1.29, 1.82) is 0 Å². The first kappa shape index (κ1) is 18.9. The Kier molecular flexibility index (Phi) is 5.43. The van der Waals surface area contributed by atoms with E-state index in [1.54, 1.807) is 4.90 Å². The van der Waals surface area contributed by atoms with Crippen molar-refractivity contribution < 1.29 is 14.7 Å². The number of carboxylic acid groups (broad SMARTS) is 1. The lowest BCUT2D eigenvalue weighted by molar-refractivity contribution is -0.146. The molecule has 1 heterocycles. The smallest absolute Gasteiger partial charge is 0.307 e. The van der Waals surface area contributed by atoms with Crippen LogP contribution in [0.5, 0.6) is 0 Å². The number of rotatable bonds is 6. The molecular formula is C25H23NO3. The van der Waals surface area contributed by atoms with Crippen LogP contribution in [0.15, 0.2) is 84.9 Å². The van der Waals surface area contributed by atoms with Gasteiger partial charge in [0.2, 0.25) is 5.91 Å². The Morgan fingerprint density at radius 2 is 1.21 bits per heavy atom. The number of hydrogen-bond donors (Lipinski definition) is 1. The Morgan fingerprint density at radius 3 is 1.66 bits per heavy atom. The number of carbonyl (C=O) groups excluding carboxylic acids is 1. The van der Waals surface area contributed by atoms with Crippen LogP contribution in [0.25, 0.3) is 0 Å². The van der Waals surface area contributed by atoms with Crippen molar-refractivity contribution in [1.82, 2.24) is 4.90 Å². The summed E-state index contributed by atoms with van der Waals surface area (Å²) in [7, 11) is 0. The Bertz CT molecular complexity index is 936. The second-order valence-corrected chi connectivity index (χ2v) is 7.47. The van der Waals surface area contributed by atoms with E-state index >= 15 is 0 Å². The van der Waals surface area contributed by atoms with Crippen LogP contribution in [0.2, 0.25) is 0 Å². The first-order chi connectivity index (χ1) is 14.1. The van der Waals surface area contributed by atoms with Crippen LogP contribution in [-0.2, 0) is 22.7 Å². The second kappa shape index (κ2) is 8.31. The van der Waals surface area contributed by atoms with Crippen molar-refractivity contribution in [2.24, 2.45) is 5.92 Å². The summed E-state index contributed by atoms with van der Waals surface area (Å²) in [6.45, 7) is 1.09. The molecule has 0 aromatic heterocycles. The zero-order chi connectivity index (χ0) is 20.2. The molecule has 0 spiro atoms. The highest BCUT2D eigenvalue weighted by Crippen LogP contribution is 2.35. The molecule has 146 valence electrons. The number of carbonyl (C=O) groups is 2. The highest BCUT2D eigenvalue weighted by molar-refractivity contribution is 5.84. The van der Waals surface area contributed by atoms with Crippen molar-refractivity contribution in [3.05, 3.63) is 107 Å². The highest BCUT2D eigenvalue weighted by atomic mass is 16.4. The van der Waals surface area contributed by atoms with Crippen LogP contribution >= 0.6 is 0 Å². The zero-order valence-electron chi connectivity index (χ0n) is 16.1. The predicted molar refractivity (Wildman–Crippen MR) is 111 cm³/mol. The normalized spacial score (nSPS) is 13.9. The summed E-state index contributed by atoms with van der Waals surface area (Å²) < 4.78 is 0. The van der Waals surface area contributed by atoms with Crippen molar-refractivity contribution in [2.75, 3.05) is 0 Å². The van der Waals surface area contributed by atoms with Crippen LogP contribution in [0, 0.1) is 5.92 Å². The molecule has 0 saturated carbocycles. The molecule has 1 atom stereocenters. The summed E-state index contributed by atoms with van der Waals surface area (Å²) in [6, 6.07) is 27.2. The van der Waals surface area contributed by atoms with Crippen molar-refractivity contribution >= 4 is 11.9 Å². The van der Waals surface area contributed by atoms with E-state index in [1.807, 2.05) is 84.9 Å². The van der Waals surface area contributed by atoms with E-state index in [2.05, 4.69) is 0 Å². The van der Waals surface area contributed by atoms with E-state index in [9.17, 15) is 14.7 Å². The molecule has 4 heteroatoms. The van der Waals surface area contributed by atoms with E-state index in [1.165, 1.54) is 0 Å². The number of carboxylic acids is 1. The third-order valence-electron chi connectivity index (χ3n) is 5.62. The molecule has 0 saturated heterocycles. The van der Waals surface area contributed by atoms with Crippen molar-refractivity contribution in [3.8, 4) is 0 Å². The summed E-state index contributed by atoms with van der Waals surface area (Å²) in [5.74, 6) is -2.29. The van der Waals surface area contributed by atoms with E-state index in [-0.39, 0.29) is 18.2 Å². The van der Waals surface area contributed by atoms with Gasteiger partial charge in [-0.2, -0.15) is 0 Å². The molecule has 1 N–H and O–H groups in total. The number of benzene rings is 3. The fourth-order valence-electron chi connectivity index (χ4n) is 4.15. The molecule has 3 aromatic rings. The standard InChI is InChI=1S/C25H23NO3/c27-23(26-16-20-13-7-8-14-21(20)17-26)15-22(25(28)29)24(18-9-3-1-4-10-18)19-11-5-2-6-12-19/h1-14,22,24H,15-17H2,(H,28,29). The van der Waals surface area contributed by atoms with Gasteiger partial charge in [0.15, 0.2) is 0 Å². The minimum atomic E-state index is -0.951. The van der Waals surface area contributed by atoms with Crippen LogP contribution in [-0.4, -0.2) is 21.9 Å². The molecule has 1 unspecified atom stereocenters. The Labute approximate surface area is 170 Å². The number of aliphatic carboxylic acids is 1. The molecule has 29 heavy (non-hydrogen) atoms. The maximum atomic E-state index is 13.1. The summed E-state index contributed by atoms with van der Waals surface area (Å²) in [6.07, 6.45) is -0.0300. The lowest BCUT2D eigenvalue weighted by Gasteiger charge is -2.26. The van der Waals surface area contributed by atoms with Gasteiger partial charge in [-0.3, -0.25) is 9.59 Å². The first-order valence-corrected chi connectivity index (χ1v) is 9.80. The first-order valence-electron chi connectivity index (χ1n) is 9.80. The molecule has 0 aliphatic carbocycles. The zero-order valence-corrected chi connectivity index (χ0v) is 16.1. The minimum Gasteiger partial charge on any atom is -0.481 e. The summed E-state index contributed by atoms with van der Waals surface area (Å²) in [5, 5.41) is 10.1. The van der Waals surface area contributed by atoms with Crippen LogP contribution in [0.1, 0.15) is 34.6 Å². The van der Waals surface area contributed by atoms with Gasteiger partial charge in [0.05, 0.1) is 5.92 Å². The molecule has 0 radical (unpaired) electrons. The molecule has 0 fully saturated rings. The molecule has 4 rings (SSSR count). The Balaban J connectivity index is 1.61. The van der Waals surface area contributed by atoms with Gasteiger partial charge in [-0.1, -0.05) is 84.9 Å². The predicted octanol–water partition coefficient (Wildman–Crippen LogP) is 4.45. The monoisotopic (exact) mass is 385 g/mol. The maximum Gasteiger partial charge on any atom is 0.307 e. The second-order valence-electron chi connectivity index (χ2n) is 7.47. The van der Waals surface area contributed by atoms with E-state index in [4.69, 9.17) is 0 Å². The van der Waals surface area contributed by atoms with Crippen LogP contribution < -0.4 is 0 Å². The third kappa shape index (κ3) is 4.06. The molecule has 4 nitrogen and oxygen atoms in total. The van der Waals surface area contributed by atoms with Gasteiger partial charge in [-0.15, -0.1) is 0 Å². The SMILES string of the molecule is O=C(O)C(CC(=O)N1Cc2ccccc2C1)C(c1ccccc1)c1ccccc1. The van der Waals surface area contributed by atoms with Crippen molar-refractivity contribution in [3.63, 3.8) is 0 Å². The van der Waals surface area contributed by atoms with Gasteiger partial charge >= 0.3 is 5.97 Å². The topological polar surface area (TPSA) is 57.6 Å². The number of nitrogens with zero attached hydrogens (tertiary/aromatic N) is 1. The van der Waals surface area contributed by atoms with E-state index < -0.39 is 11.9 Å². The lowest BCUT2D eigenvalue weighted by Crippen LogP contribution is -2.32. The fraction of sp³-hybridized carbons (Fsp3) is 0.200. The largest absolute Gasteiger partial charge is 0.481 e. The molecule has 1 aliphatic rings. The van der Waals surface area contributed by atoms with Gasteiger partial charge in [0.25, 0.3) is 0 Å². The molecule has 1 aliphatic heterocycles. The maximum absolute atomic E-state index is 13.1. The minimum absolute atomic E-state index is 0.0300. The number of hydrogen-bond acceptors (Lipinski definition) is 2. The van der Waals surface area contributed by atoms with Gasteiger partial charge in [-0.05, 0) is 22.3 Å². The molecular weight excluding hydrogens is 362 g/mol. The van der Waals surface area contributed by atoms with Crippen LogP contribution in [0.4, 0.5) is 0 Å². The van der Waals surface area contributed by atoms with Gasteiger partial charge in [0.1, 0.15) is 0 Å². The molecule has 0 bridgehead atoms. The third-order valence-corrected chi connectivity index (χ3v) is 5.62. The Hall–Kier alpha value is -3.40. The summed E-state index contributed by atoms with van der Waals surface area (Å²) in [5.41, 5.74) is 4.08. The summed E-state index contributed by atoms with van der Waals surface area (Å²) >= 11 is 0. The quantitative estimate of drug-likeness (QED) is 0.682. The number of fused-ring (bicyclic) bond motifs is 1. The van der Waals surface area contributed by atoms with Crippen molar-refractivity contribution in [2.45, 2.75) is 25.4 Å². The van der Waals surface area contributed by atoms with Crippen LogP contribution in [0.3, 0.4) is 0 Å². The lowest BCUT2D eigenvalue weighted by atomic mass is 9.79. The summed E-state index contributed by atoms with van der Waals surface area (Å²) in [4.78, 5) is 27.1. The number of amides is 1. The Morgan fingerprint density at radius 1 is 0.759 bits per heavy atom. The fourth-order valence-corrected chi connectivity index (χ4v) is 4.15. The van der Waals surface area contributed by atoms with E-state index in [0.29, 0.717) is 13.1 Å². The highest BCUT2D eigenvalue weighted by Gasteiger charge is 2.35. The average molecular weight is 385 g/mol. The molecule has 3 aromatic carbocycles. The average Bonchev–Trinajstić information content (AvgIpc) is 3.19. The van der Waals surface area contributed by atoms with Gasteiger partial charge < -0.3 is 10.0 Å². The van der Waals surface area contributed by atoms with Gasteiger partial charge in [-0.25, -0.2) is 0 Å². The van der Waals surface area contributed by atoms with E-state index in [0.717, 1.165) is 22.3 Å². The van der Waals surface area contributed by atoms with Gasteiger partial charge in [0, 0.05) is 25.4 Å².